The van der Waals surface area contributed by atoms with Gasteiger partial charge in [-0.1, -0.05) is 108 Å². The van der Waals surface area contributed by atoms with Crippen LogP contribution in [0.2, 0.25) is 0 Å². The van der Waals surface area contributed by atoms with Crippen LogP contribution in [0, 0.1) is 0 Å². The maximum atomic E-state index is 14.2. The average Bonchev–Trinajstić information content (AvgIpc) is 3.58. The third kappa shape index (κ3) is 6.01. The summed E-state index contributed by atoms with van der Waals surface area (Å²) >= 11 is 0. The maximum Gasteiger partial charge on any atom is 0.396 e. The number of hydrogen-bond donors (Lipinski definition) is 2. The van der Waals surface area contributed by atoms with Crippen molar-refractivity contribution < 1.29 is 42.2 Å². The fraction of sp³-hybridized carbons (Fsp3) is 0.143. The van der Waals surface area contributed by atoms with Gasteiger partial charge in [0.1, 0.15) is 22.1 Å². The molecule has 2 atom stereocenters. The predicted molar refractivity (Wildman–Crippen MR) is 181 cm³/mol. The van der Waals surface area contributed by atoms with Gasteiger partial charge in [-0.3, -0.25) is 9.13 Å². The van der Waals surface area contributed by atoms with E-state index >= 15 is 0 Å². The average molecular weight is 706 g/mol. The van der Waals surface area contributed by atoms with Crippen molar-refractivity contribution in [1.29, 1.82) is 0 Å². The first kappa shape index (κ1) is 34.3. The Morgan fingerprint density at radius 1 is 0.735 bits per heavy atom. The molecule has 10 nitrogen and oxygen atoms in total. The molecule has 0 aliphatic carbocycles. The molecule has 0 spiro atoms. The highest BCUT2D eigenvalue weighted by Crippen LogP contribution is 2.61. The first-order valence-corrected chi connectivity index (χ1v) is 18.3. The van der Waals surface area contributed by atoms with Crippen molar-refractivity contribution in [1.82, 2.24) is 15.0 Å². The summed E-state index contributed by atoms with van der Waals surface area (Å²) in [5.41, 5.74) is 0.631. The van der Waals surface area contributed by atoms with E-state index in [9.17, 15) is 28.0 Å². The van der Waals surface area contributed by atoms with Gasteiger partial charge >= 0.3 is 15.2 Å². The lowest BCUT2D eigenvalue weighted by Gasteiger charge is -2.50. The molecule has 1 heterocycles. The molecule has 0 saturated carbocycles. The zero-order chi connectivity index (χ0) is 34.9. The number of aromatic nitrogens is 3. The molecule has 5 aromatic carbocycles. The number of fused-ring (bicyclic) bond motifs is 1. The van der Waals surface area contributed by atoms with Crippen LogP contribution >= 0.6 is 15.2 Å². The van der Waals surface area contributed by atoms with Crippen LogP contribution in [-0.4, -0.2) is 38.1 Å². The van der Waals surface area contributed by atoms with Crippen LogP contribution in [0.25, 0.3) is 22.2 Å². The SMILES string of the molecule is COc1ccc(-c2ccc(C(CP(=O)(OF)OF)(c3ccccc3)C(C)(c3ccccc3)n3nnc4ccccc43)cc2)cc1P(=O)(O)O. The quantitative estimate of drug-likeness (QED) is 0.123. The van der Waals surface area contributed by atoms with Crippen LogP contribution in [0.5, 0.6) is 5.75 Å². The van der Waals surface area contributed by atoms with Crippen LogP contribution in [-0.2, 0) is 29.5 Å². The normalized spacial score (nSPS) is 14.7. The van der Waals surface area contributed by atoms with E-state index in [0.29, 0.717) is 38.9 Å². The molecule has 0 radical (unpaired) electrons. The van der Waals surface area contributed by atoms with Crippen molar-refractivity contribution in [2.24, 2.45) is 0 Å². The van der Waals surface area contributed by atoms with Gasteiger partial charge in [0.15, 0.2) is 0 Å². The molecule has 0 amide bonds. The Bertz CT molecular complexity index is 2180. The molecule has 49 heavy (non-hydrogen) atoms. The Kier molecular flexibility index (Phi) is 9.39. The summed E-state index contributed by atoms with van der Waals surface area (Å²) in [5.74, 6) is 0.0312. The van der Waals surface area contributed by atoms with E-state index < -0.39 is 32.3 Å². The summed E-state index contributed by atoms with van der Waals surface area (Å²) in [6, 6.07) is 36.4. The molecule has 0 aliphatic rings. The monoisotopic (exact) mass is 705 g/mol. The highest BCUT2D eigenvalue weighted by Gasteiger charge is 2.58. The van der Waals surface area contributed by atoms with E-state index in [1.165, 1.54) is 19.2 Å². The predicted octanol–water partition coefficient (Wildman–Crippen LogP) is 7.66. The molecule has 6 rings (SSSR count). The molecule has 0 saturated heterocycles. The van der Waals surface area contributed by atoms with Crippen molar-refractivity contribution in [3.63, 3.8) is 0 Å². The standard InChI is InChI=1S/C35H31F2N3O7P2/c1-34(27-11-5-3-6-12-27,40-31-16-10-9-15-30(31)38-39-40)35(24-48(41,46-36)47-37,28-13-7-4-8-14-28)29-20-17-25(18-21-29)26-19-22-32(45-2)33(23-26)49(42,43)44/h3-23H,24H2,1-2H3,(H2,42,43,44). The van der Waals surface area contributed by atoms with Crippen molar-refractivity contribution >= 4 is 31.5 Å². The largest absolute Gasteiger partial charge is 0.496 e. The number of methoxy groups -OCH3 is 1. The van der Waals surface area contributed by atoms with E-state index in [-0.39, 0.29) is 11.1 Å². The third-order valence-electron chi connectivity index (χ3n) is 9.05. The molecule has 252 valence electrons. The van der Waals surface area contributed by atoms with Gasteiger partial charge in [0.25, 0.3) is 0 Å². The summed E-state index contributed by atoms with van der Waals surface area (Å²) < 4.78 is 69.0. The first-order chi connectivity index (χ1) is 23.5. The number of hydrogen-bond acceptors (Lipinski definition) is 7. The van der Waals surface area contributed by atoms with Gasteiger partial charge in [-0.15, -0.1) is 14.6 Å². The van der Waals surface area contributed by atoms with Gasteiger partial charge in [-0.05, 0) is 68.1 Å². The maximum absolute atomic E-state index is 14.2. The fourth-order valence-electron chi connectivity index (χ4n) is 6.69. The van der Waals surface area contributed by atoms with Crippen LogP contribution in [0.1, 0.15) is 23.6 Å². The molecule has 0 fully saturated rings. The topological polar surface area (TPSA) is 133 Å². The summed E-state index contributed by atoms with van der Waals surface area (Å²) in [4.78, 5) is 19.9. The minimum absolute atomic E-state index is 0.0312. The minimum atomic E-state index is -5.11. The second-order valence-corrected chi connectivity index (χ2v) is 15.0. The lowest BCUT2D eigenvalue weighted by atomic mass is 9.60. The van der Waals surface area contributed by atoms with Crippen molar-refractivity contribution in [3.8, 4) is 16.9 Å². The zero-order valence-corrected chi connectivity index (χ0v) is 28.0. The molecular weight excluding hydrogens is 674 g/mol. The summed E-state index contributed by atoms with van der Waals surface area (Å²) in [6.45, 7) is 1.82. The van der Waals surface area contributed by atoms with Crippen molar-refractivity contribution in [2.45, 2.75) is 17.9 Å². The fourth-order valence-corrected chi connectivity index (χ4v) is 8.83. The minimum Gasteiger partial charge on any atom is -0.496 e. The van der Waals surface area contributed by atoms with Gasteiger partial charge in [-0.25, -0.2) is 4.68 Å². The van der Waals surface area contributed by atoms with Crippen LogP contribution in [0.15, 0.2) is 127 Å². The summed E-state index contributed by atoms with van der Waals surface area (Å²) in [5, 5.41) is 8.70. The van der Waals surface area contributed by atoms with Gasteiger partial charge in [-0.2, -0.15) is 0 Å². The van der Waals surface area contributed by atoms with Gasteiger partial charge in [0, 0.05) is 0 Å². The third-order valence-corrected chi connectivity index (χ3v) is 11.3. The van der Waals surface area contributed by atoms with Crippen LogP contribution in [0.3, 0.4) is 0 Å². The zero-order valence-electron chi connectivity index (χ0n) is 26.3. The van der Waals surface area contributed by atoms with Crippen LogP contribution in [0.4, 0.5) is 9.05 Å². The Labute approximate surface area is 280 Å². The number of para-hydroxylation sites is 1. The lowest BCUT2D eigenvalue weighted by Crippen LogP contribution is -2.55. The molecule has 2 N–H and O–H groups in total. The van der Waals surface area contributed by atoms with Crippen molar-refractivity contribution in [3.05, 3.63) is 144 Å². The molecule has 0 bridgehead atoms. The smallest absolute Gasteiger partial charge is 0.396 e. The van der Waals surface area contributed by atoms with E-state index in [4.69, 9.17) is 4.74 Å². The van der Waals surface area contributed by atoms with Gasteiger partial charge in [0.05, 0.1) is 24.2 Å². The molecule has 14 heteroatoms. The van der Waals surface area contributed by atoms with Gasteiger partial charge < -0.3 is 14.5 Å². The summed E-state index contributed by atoms with van der Waals surface area (Å²) in [6.07, 6.45) is -0.833. The van der Waals surface area contributed by atoms with Crippen molar-refractivity contribution in [2.75, 3.05) is 13.3 Å². The molecule has 1 aromatic heterocycles. The number of ether oxygens (including phenoxy) is 1. The number of halogens is 2. The number of benzene rings is 5. The number of rotatable bonds is 12. The molecule has 2 unspecified atom stereocenters. The van der Waals surface area contributed by atoms with E-state index in [0.717, 1.165) is 0 Å². The second-order valence-electron chi connectivity index (χ2n) is 11.6. The second kappa shape index (κ2) is 13.4. The molecular formula is C35H31F2N3O7P2. The first-order valence-electron chi connectivity index (χ1n) is 15.0. The summed E-state index contributed by atoms with van der Waals surface area (Å²) in [7, 11) is -8.50. The van der Waals surface area contributed by atoms with E-state index in [2.05, 4.69) is 19.8 Å². The molecule has 0 aliphatic heterocycles. The Morgan fingerprint density at radius 3 is 1.88 bits per heavy atom. The lowest BCUT2D eigenvalue weighted by molar-refractivity contribution is -0.0892. The van der Waals surface area contributed by atoms with Gasteiger partial charge in [0.2, 0.25) is 0 Å². The Morgan fingerprint density at radius 2 is 1.29 bits per heavy atom. The van der Waals surface area contributed by atoms with E-state index in [1.54, 1.807) is 71.4 Å². The van der Waals surface area contributed by atoms with E-state index in [1.807, 2.05) is 55.5 Å². The highest BCUT2D eigenvalue weighted by atomic mass is 31.2. The Hall–Kier alpha value is -4.54. The number of nitrogens with zero attached hydrogens (tertiary/aromatic N) is 3. The Balaban J connectivity index is 1.70. The molecule has 6 aromatic rings. The highest BCUT2D eigenvalue weighted by molar-refractivity contribution is 7.60. The van der Waals surface area contributed by atoms with Crippen LogP contribution < -0.4 is 10.0 Å².